The molecule has 1 heterocycles. The van der Waals surface area contributed by atoms with E-state index < -0.39 is 0 Å². The summed E-state index contributed by atoms with van der Waals surface area (Å²) in [5.74, 6) is 0.963. The highest BCUT2D eigenvalue weighted by atomic mass is 127. The Balaban J connectivity index is 1.65. The van der Waals surface area contributed by atoms with Crippen LogP contribution in [-0.4, -0.2) is 4.98 Å². The summed E-state index contributed by atoms with van der Waals surface area (Å²) in [6, 6.07) is 19.7. The molecule has 0 saturated heterocycles. The topological polar surface area (TPSA) is 24.9 Å². The van der Waals surface area contributed by atoms with Gasteiger partial charge in [-0.1, -0.05) is 24.3 Å². The number of hydrogen-bond donors (Lipinski definition) is 1. The highest BCUT2D eigenvalue weighted by Crippen LogP contribution is 2.33. The lowest BCUT2D eigenvalue weighted by Crippen LogP contribution is -2.08. The first-order chi connectivity index (χ1) is 10.3. The molecule has 1 atom stereocenters. The zero-order valence-electron chi connectivity index (χ0n) is 11.5. The van der Waals surface area contributed by atoms with Gasteiger partial charge in [-0.2, -0.15) is 0 Å². The van der Waals surface area contributed by atoms with Crippen molar-refractivity contribution in [3.8, 4) is 0 Å². The number of pyridine rings is 1. The van der Waals surface area contributed by atoms with Gasteiger partial charge in [0.2, 0.25) is 0 Å². The maximum absolute atomic E-state index is 4.74. The average molecular weight is 386 g/mol. The van der Waals surface area contributed by atoms with E-state index in [0.29, 0.717) is 6.04 Å². The third kappa shape index (κ3) is 2.50. The molecule has 0 saturated carbocycles. The molecule has 1 N–H and O–H groups in total. The number of nitrogens with one attached hydrogen (secondary N) is 1. The number of halogens is 1. The first kappa shape index (κ1) is 13.1. The van der Waals surface area contributed by atoms with Gasteiger partial charge in [-0.05, 0) is 76.9 Å². The highest BCUT2D eigenvalue weighted by Gasteiger charge is 2.21. The molecule has 0 radical (unpaired) electrons. The van der Waals surface area contributed by atoms with Crippen molar-refractivity contribution >= 4 is 39.3 Å². The molecular formula is C18H15IN2. The van der Waals surface area contributed by atoms with E-state index in [9.17, 15) is 0 Å². The standard InChI is InChI=1S/C18H15IN2/c19-14-7-9-16-13(11-14)6-10-18(20-16)21-17-8-5-12-3-1-2-4-15(12)17/h1-4,6-7,9-11,17H,5,8H2,(H,20,21). The molecule has 2 aromatic carbocycles. The molecule has 3 heteroatoms. The second-order valence-corrected chi connectivity index (χ2v) is 6.71. The summed E-state index contributed by atoms with van der Waals surface area (Å²) in [7, 11) is 0. The minimum Gasteiger partial charge on any atom is -0.363 e. The molecule has 0 fully saturated rings. The Kier molecular flexibility index (Phi) is 3.30. The molecule has 104 valence electrons. The summed E-state index contributed by atoms with van der Waals surface area (Å²) >= 11 is 2.33. The Hall–Kier alpha value is -1.62. The smallest absolute Gasteiger partial charge is 0.127 e. The maximum Gasteiger partial charge on any atom is 0.127 e. The van der Waals surface area contributed by atoms with Gasteiger partial charge < -0.3 is 5.32 Å². The molecule has 0 aliphatic heterocycles. The molecule has 1 unspecified atom stereocenters. The zero-order valence-corrected chi connectivity index (χ0v) is 13.7. The average Bonchev–Trinajstić information content (AvgIpc) is 2.91. The SMILES string of the molecule is Ic1ccc2nc(NC3CCc4ccccc43)ccc2c1. The molecule has 0 spiro atoms. The number of rotatable bonds is 2. The second kappa shape index (κ2) is 5.30. The molecular weight excluding hydrogens is 371 g/mol. The number of anilines is 1. The Labute approximate surface area is 137 Å². The van der Waals surface area contributed by atoms with Crippen LogP contribution in [0.25, 0.3) is 10.9 Å². The van der Waals surface area contributed by atoms with Gasteiger partial charge in [-0.25, -0.2) is 4.98 Å². The lowest BCUT2D eigenvalue weighted by molar-refractivity contribution is 0.758. The zero-order chi connectivity index (χ0) is 14.2. The fourth-order valence-electron chi connectivity index (χ4n) is 3.06. The van der Waals surface area contributed by atoms with Crippen LogP contribution in [0, 0.1) is 3.57 Å². The van der Waals surface area contributed by atoms with Crippen molar-refractivity contribution in [2.24, 2.45) is 0 Å². The van der Waals surface area contributed by atoms with E-state index in [1.165, 1.54) is 20.1 Å². The Morgan fingerprint density at radius 2 is 1.95 bits per heavy atom. The van der Waals surface area contributed by atoms with Crippen molar-refractivity contribution in [1.82, 2.24) is 4.98 Å². The van der Waals surface area contributed by atoms with Gasteiger partial charge in [0.25, 0.3) is 0 Å². The van der Waals surface area contributed by atoms with E-state index >= 15 is 0 Å². The summed E-state index contributed by atoms with van der Waals surface area (Å²) in [6.07, 6.45) is 2.30. The molecule has 3 aromatic rings. The molecule has 1 aromatic heterocycles. The number of hydrogen-bond acceptors (Lipinski definition) is 2. The van der Waals surface area contributed by atoms with Crippen LogP contribution >= 0.6 is 22.6 Å². The van der Waals surface area contributed by atoms with Crippen LogP contribution in [-0.2, 0) is 6.42 Å². The molecule has 4 rings (SSSR count). The number of nitrogens with zero attached hydrogens (tertiary/aromatic N) is 1. The van der Waals surface area contributed by atoms with Gasteiger partial charge in [0, 0.05) is 8.96 Å². The summed E-state index contributed by atoms with van der Waals surface area (Å²) in [6.45, 7) is 0. The van der Waals surface area contributed by atoms with Crippen molar-refractivity contribution in [1.29, 1.82) is 0 Å². The lowest BCUT2D eigenvalue weighted by Gasteiger charge is -2.15. The molecule has 0 amide bonds. The van der Waals surface area contributed by atoms with Crippen molar-refractivity contribution in [3.05, 3.63) is 69.3 Å². The van der Waals surface area contributed by atoms with Gasteiger partial charge in [0.1, 0.15) is 5.82 Å². The van der Waals surface area contributed by atoms with Crippen molar-refractivity contribution in [2.75, 3.05) is 5.32 Å². The second-order valence-electron chi connectivity index (χ2n) is 5.47. The number of aryl methyl sites for hydroxylation is 1. The molecule has 2 nitrogen and oxygen atoms in total. The first-order valence-corrected chi connectivity index (χ1v) is 8.28. The Morgan fingerprint density at radius 3 is 2.90 bits per heavy atom. The minimum absolute atomic E-state index is 0.384. The molecule has 1 aliphatic carbocycles. The Bertz CT molecular complexity index is 813. The van der Waals surface area contributed by atoms with E-state index in [-0.39, 0.29) is 0 Å². The summed E-state index contributed by atoms with van der Waals surface area (Å²) in [5, 5.41) is 4.78. The van der Waals surface area contributed by atoms with Crippen LogP contribution in [0.5, 0.6) is 0 Å². The van der Waals surface area contributed by atoms with E-state index in [1.807, 2.05) is 0 Å². The number of fused-ring (bicyclic) bond motifs is 2. The summed E-state index contributed by atoms with van der Waals surface area (Å²) in [4.78, 5) is 4.74. The highest BCUT2D eigenvalue weighted by molar-refractivity contribution is 14.1. The minimum atomic E-state index is 0.384. The largest absolute Gasteiger partial charge is 0.363 e. The quantitative estimate of drug-likeness (QED) is 0.632. The van der Waals surface area contributed by atoms with Gasteiger partial charge in [-0.15, -0.1) is 0 Å². The number of benzene rings is 2. The predicted octanol–water partition coefficient (Wildman–Crippen LogP) is 4.94. The third-order valence-electron chi connectivity index (χ3n) is 4.11. The van der Waals surface area contributed by atoms with Gasteiger partial charge in [0.05, 0.1) is 11.6 Å². The van der Waals surface area contributed by atoms with Gasteiger partial charge in [0.15, 0.2) is 0 Å². The van der Waals surface area contributed by atoms with E-state index in [0.717, 1.165) is 24.2 Å². The predicted molar refractivity (Wildman–Crippen MR) is 95.6 cm³/mol. The molecule has 1 aliphatic rings. The first-order valence-electron chi connectivity index (χ1n) is 7.20. The normalized spacial score (nSPS) is 16.9. The van der Waals surface area contributed by atoms with E-state index in [1.54, 1.807) is 0 Å². The van der Waals surface area contributed by atoms with Crippen molar-refractivity contribution in [2.45, 2.75) is 18.9 Å². The summed E-state index contributed by atoms with van der Waals surface area (Å²) < 4.78 is 1.24. The van der Waals surface area contributed by atoms with Gasteiger partial charge >= 0.3 is 0 Å². The van der Waals surface area contributed by atoms with Crippen LogP contribution in [0.2, 0.25) is 0 Å². The van der Waals surface area contributed by atoms with Crippen LogP contribution in [0.1, 0.15) is 23.6 Å². The Morgan fingerprint density at radius 1 is 1.05 bits per heavy atom. The van der Waals surface area contributed by atoms with E-state index in [4.69, 9.17) is 4.98 Å². The monoisotopic (exact) mass is 386 g/mol. The third-order valence-corrected chi connectivity index (χ3v) is 4.78. The van der Waals surface area contributed by atoms with Crippen LogP contribution in [0.3, 0.4) is 0 Å². The van der Waals surface area contributed by atoms with Crippen LogP contribution < -0.4 is 5.32 Å². The van der Waals surface area contributed by atoms with Crippen molar-refractivity contribution in [3.63, 3.8) is 0 Å². The van der Waals surface area contributed by atoms with Gasteiger partial charge in [-0.3, -0.25) is 0 Å². The van der Waals surface area contributed by atoms with Crippen LogP contribution in [0.15, 0.2) is 54.6 Å². The molecule has 21 heavy (non-hydrogen) atoms. The van der Waals surface area contributed by atoms with E-state index in [2.05, 4.69) is 82.5 Å². The maximum atomic E-state index is 4.74. The van der Waals surface area contributed by atoms with Crippen LogP contribution in [0.4, 0.5) is 5.82 Å². The fraction of sp³-hybridized carbons (Fsp3) is 0.167. The lowest BCUT2D eigenvalue weighted by atomic mass is 10.1. The molecule has 0 bridgehead atoms. The number of aromatic nitrogens is 1. The fourth-order valence-corrected chi connectivity index (χ4v) is 3.58. The van der Waals surface area contributed by atoms with Crippen molar-refractivity contribution < 1.29 is 0 Å². The summed E-state index contributed by atoms with van der Waals surface area (Å²) in [5.41, 5.74) is 3.93.